The van der Waals surface area contributed by atoms with Crippen molar-refractivity contribution in [2.75, 3.05) is 0 Å². The molecule has 0 amide bonds. The summed E-state index contributed by atoms with van der Waals surface area (Å²) >= 11 is 0. The van der Waals surface area contributed by atoms with Gasteiger partial charge in [-0.05, 0) is 18.6 Å². The van der Waals surface area contributed by atoms with Gasteiger partial charge in [0.05, 0.1) is 6.21 Å². The zero-order chi connectivity index (χ0) is 8.27. The van der Waals surface area contributed by atoms with E-state index in [-0.39, 0.29) is 11.4 Å². The Morgan fingerprint density at radius 3 is 2.82 bits per heavy atom. The van der Waals surface area contributed by atoms with E-state index in [1.54, 1.807) is 19.1 Å². The molecule has 1 rings (SSSR count). The van der Waals surface area contributed by atoms with Crippen LogP contribution in [0.3, 0.4) is 0 Å². The highest BCUT2D eigenvalue weighted by molar-refractivity contribution is 5.79. The van der Waals surface area contributed by atoms with Crippen LogP contribution in [0.25, 0.3) is 0 Å². The van der Waals surface area contributed by atoms with E-state index in [9.17, 15) is 4.39 Å². The van der Waals surface area contributed by atoms with Crippen LogP contribution < -0.4 is 0 Å². The maximum atomic E-state index is 12.8. The fraction of sp³-hybridized carbons (Fsp3) is 0.125. The molecule has 1 aromatic carbocycles. The molecule has 0 radical (unpaired) electrons. The highest BCUT2D eigenvalue weighted by atomic mass is 19.1. The molecule has 0 aliphatic rings. The summed E-state index contributed by atoms with van der Waals surface area (Å²) in [7, 11) is 0. The van der Waals surface area contributed by atoms with Gasteiger partial charge in [0.2, 0.25) is 0 Å². The molecule has 2 nitrogen and oxygen atoms in total. The van der Waals surface area contributed by atoms with Crippen molar-refractivity contribution in [3.05, 3.63) is 35.1 Å². The van der Waals surface area contributed by atoms with Crippen LogP contribution in [0.4, 0.5) is 4.39 Å². The monoisotopic (exact) mass is 153 g/mol. The summed E-state index contributed by atoms with van der Waals surface area (Å²) in [4.78, 5) is 0. The first kappa shape index (κ1) is 7.72. The van der Waals surface area contributed by atoms with Gasteiger partial charge < -0.3 is 5.21 Å². The van der Waals surface area contributed by atoms with E-state index in [1.807, 2.05) is 0 Å². The third-order valence-corrected chi connectivity index (χ3v) is 1.35. The normalized spacial score (nSPS) is 10.7. The van der Waals surface area contributed by atoms with Crippen molar-refractivity contribution in [1.29, 1.82) is 0 Å². The molecular weight excluding hydrogens is 145 g/mol. The SMILES string of the molecule is Cc1ccc(/C=N\O)c(F)c1. The molecule has 0 unspecified atom stereocenters. The van der Waals surface area contributed by atoms with Gasteiger partial charge in [0.15, 0.2) is 0 Å². The maximum Gasteiger partial charge on any atom is 0.132 e. The van der Waals surface area contributed by atoms with Gasteiger partial charge in [-0.25, -0.2) is 4.39 Å². The molecule has 0 aliphatic heterocycles. The molecule has 11 heavy (non-hydrogen) atoms. The van der Waals surface area contributed by atoms with Gasteiger partial charge in [-0.15, -0.1) is 0 Å². The number of rotatable bonds is 1. The number of benzene rings is 1. The largest absolute Gasteiger partial charge is 0.411 e. The Hall–Kier alpha value is -1.38. The van der Waals surface area contributed by atoms with E-state index in [0.717, 1.165) is 11.8 Å². The summed E-state index contributed by atoms with van der Waals surface area (Å²) in [6, 6.07) is 4.70. The van der Waals surface area contributed by atoms with E-state index < -0.39 is 0 Å². The summed E-state index contributed by atoms with van der Waals surface area (Å²) in [6.07, 6.45) is 1.06. The zero-order valence-corrected chi connectivity index (χ0v) is 6.08. The molecule has 58 valence electrons. The van der Waals surface area contributed by atoms with Crippen molar-refractivity contribution in [3.63, 3.8) is 0 Å². The second-order valence-electron chi connectivity index (χ2n) is 2.27. The van der Waals surface area contributed by atoms with Crippen LogP contribution in [0.5, 0.6) is 0 Å². The minimum atomic E-state index is -0.372. The van der Waals surface area contributed by atoms with Crippen LogP contribution in [0.15, 0.2) is 23.4 Å². The van der Waals surface area contributed by atoms with Crippen molar-refractivity contribution < 1.29 is 9.60 Å². The summed E-state index contributed by atoms with van der Waals surface area (Å²) < 4.78 is 12.8. The zero-order valence-electron chi connectivity index (χ0n) is 6.08. The van der Waals surface area contributed by atoms with E-state index >= 15 is 0 Å². The third-order valence-electron chi connectivity index (χ3n) is 1.35. The van der Waals surface area contributed by atoms with E-state index in [0.29, 0.717) is 0 Å². The Morgan fingerprint density at radius 2 is 2.27 bits per heavy atom. The van der Waals surface area contributed by atoms with E-state index in [1.165, 1.54) is 6.07 Å². The highest BCUT2D eigenvalue weighted by Gasteiger charge is 1.97. The molecule has 0 atom stereocenters. The van der Waals surface area contributed by atoms with E-state index in [4.69, 9.17) is 5.21 Å². The Bertz CT molecular complexity index is 283. The molecule has 0 saturated carbocycles. The van der Waals surface area contributed by atoms with Crippen LogP contribution in [-0.2, 0) is 0 Å². The predicted octanol–water partition coefficient (Wildman–Crippen LogP) is 1.94. The molecule has 1 N–H and O–H groups in total. The fourth-order valence-electron chi connectivity index (χ4n) is 0.799. The maximum absolute atomic E-state index is 12.8. The number of nitrogens with zero attached hydrogens (tertiary/aromatic N) is 1. The second-order valence-corrected chi connectivity index (χ2v) is 2.27. The van der Waals surface area contributed by atoms with Crippen molar-refractivity contribution in [2.24, 2.45) is 5.16 Å². The molecule has 0 spiro atoms. The number of hydrogen-bond donors (Lipinski definition) is 1. The summed E-state index contributed by atoms with van der Waals surface area (Å²) in [5, 5.41) is 10.8. The molecule has 0 bridgehead atoms. The summed E-state index contributed by atoms with van der Waals surface area (Å²) in [5.74, 6) is -0.372. The predicted molar refractivity (Wildman–Crippen MR) is 40.5 cm³/mol. The minimum Gasteiger partial charge on any atom is -0.411 e. The number of halogens is 1. The average Bonchev–Trinajstić information content (AvgIpc) is 1.95. The van der Waals surface area contributed by atoms with Gasteiger partial charge in [-0.1, -0.05) is 17.3 Å². The lowest BCUT2D eigenvalue weighted by Crippen LogP contribution is -1.88. The topological polar surface area (TPSA) is 32.6 Å². The summed E-state index contributed by atoms with van der Waals surface area (Å²) in [5.41, 5.74) is 1.13. The van der Waals surface area contributed by atoms with Crippen LogP contribution in [0.2, 0.25) is 0 Å². The average molecular weight is 153 g/mol. The van der Waals surface area contributed by atoms with Crippen molar-refractivity contribution in [3.8, 4) is 0 Å². The molecule has 3 heteroatoms. The first-order valence-corrected chi connectivity index (χ1v) is 3.17. The highest BCUT2D eigenvalue weighted by Crippen LogP contribution is 2.06. The lowest BCUT2D eigenvalue weighted by Gasteiger charge is -1.95. The Labute approximate surface area is 64.0 Å². The molecule has 0 heterocycles. The van der Waals surface area contributed by atoms with Crippen molar-refractivity contribution in [2.45, 2.75) is 6.92 Å². The van der Waals surface area contributed by atoms with Gasteiger partial charge in [-0.2, -0.15) is 0 Å². The third kappa shape index (κ3) is 1.77. The second kappa shape index (κ2) is 3.14. The molecule has 0 aliphatic carbocycles. The van der Waals surface area contributed by atoms with Gasteiger partial charge in [0.1, 0.15) is 5.82 Å². The molecule has 0 aromatic heterocycles. The molecule has 0 saturated heterocycles. The Morgan fingerprint density at radius 1 is 1.55 bits per heavy atom. The first-order chi connectivity index (χ1) is 5.24. The van der Waals surface area contributed by atoms with Crippen LogP contribution in [0.1, 0.15) is 11.1 Å². The smallest absolute Gasteiger partial charge is 0.132 e. The Balaban J connectivity index is 3.09. The molecule has 1 aromatic rings. The number of aryl methyl sites for hydroxylation is 1. The lowest BCUT2D eigenvalue weighted by molar-refractivity contribution is 0.321. The number of oxime groups is 1. The van der Waals surface area contributed by atoms with Gasteiger partial charge >= 0.3 is 0 Å². The van der Waals surface area contributed by atoms with Crippen LogP contribution in [0, 0.1) is 12.7 Å². The van der Waals surface area contributed by atoms with Gasteiger partial charge in [0, 0.05) is 5.56 Å². The van der Waals surface area contributed by atoms with Crippen molar-refractivity contribution in [1.82, 2.24) is 0 Å². The minimum absolute atomic E-state index is 0.290. The first-order valence-electron chi connectivity index (χ1n) is 3.17. The molecule has 0 fully saturated rings. The van der Waals surface area contributed by atoms with E-state index in [2.05, 4.69) is 5.16 Å². The van der Waals surface area contributed by atoms with Crippen LogP contribution >= 0.6 is 0 Å². The summed E-state index contributed by atoms with van der Waals surface area (Å²) in [6.45, 7) is 1.79. The molecular formula is C8H8FNO. The van der Waals surface area contributed by atoms with Gasteiger partial charge in [-0.3, -0.25) is 0 Å². The number of hydrogen-bond acceptors (Lipinski definition) is 2. The van der Waals surface area contributed by atoms with Crippen LogP contribution in [-0.4, -0.2) is 11.4 Å². The fourth-order valence-corrected chi connectivity index (χ4v) is 0.799. The quantitative estimate of drug-likeness (QED) is 0.373. The Kier molecular flexibility index (Phi) is 2.21. The van der Waals surface area contributed by atoms with Crippen molar-refractivity contribution >= 4 is 6.21 Å². The lowest BCUT2D eigenvalue weighted by atomic mass is 10.1. The van der Waals surface area contributed by atoms with Gasteiger partial charge in [0.25, 0.3) is 0 Å². The standard InChI is InChI=1S/C8H8FNO/c1-6-2-3-7(5-10-11)8(9)4-6/h2-5,11H,1H3/b10-5-.